The highest BCUT2D eigenvalue weighted by Gasteiger charge is 2.19. The van der Waals surface area contributed by atoms with Crippen LogP contribution >= 0.6 is 15.9 Å². The summed E-state index contributed by atoms with van der Waals surface area (Å²) < 4.78 is 11.6. The molecule has 0 aliphatic heterocycles. The normalized spacial score (nSPS) is 10.6. The molecule has 0 spiro atoms. The van der Waals surface area contributed by atoms with Crippen molar-refractivity contribution in [3.63, 3.8) is 0 Å². The number of anilines is 1. The first-order chi connectivity index (χ1) is 10.2. The van der Waals surface area contributed by atoms with E-state index in [2.05, 4.69) is 21.1 Å². The van der Waals surface area contributed by atoms with Gasteiger partial charge in [0.05, 0.1) is 12.7 Å². The molecule has 0 saturated heterocycles. The van der Waals surface area contributed by atoms with E-state index in [1.165, 1.54) is 0 Å². The van der Waals surface area contributed by atoms with Gasteiger partial charge in [-0.25, -0.2) is 0 Å². The number of nitrogen functional groups attached to an aromatic ring is 1. The summed E-state index contributed by atoms with van der Waals surface area (Å²) in [5.74, 6) is 1.74. The van der Waals surface area contributed by atoms with Gasteiger partial charge in [-0.05, 0) is 29.8 Å². The summed E-state index contributed by atoms with van der Waals surface area (Å²) in [5.41, 5.74) is 8.56. The van der Waals surface area contributed by atoms with Gasteiger partial charge < -0.3 is 15.0 Å². The van der Waals surface area contributed by atoms with Crippen LogP contribution in [-0.4, -0.2) is 12.3 Å². The minimum absolute atomic E-state index is 0.356. The number of methoxy groups -OCH3 is 1. The maximum Gasteiger partial charge on any atom is 0.178 e. The zero-order valence-electron chi connectivity index (χ0n) is 11.3. The van der Waals surface area contributed by atoms with E-state index in [4.69, 9.17) is 15.0 Å². The molecule has 3 aromatic rings. The van der Waals surface area contributed by atoms with Crippen molar-refractivity contribution in [2.24, 2.45) is 0 Å². The summed E-state index contributed by atoms with van der Waals surface area (Å²) in [5, 5.41) is 3.91. The molecule has 0 saturated carbocycles. The van der Waals surface area contributed by atoms with Crippen LogP contribution in [0, 0.1) is 0 Å². The molecule has 0 unspecified atom stereocenters. The van der Waals surface area contributed by atoms with Gasteiger partial charge in [-0.15, -0.1) is 0 Å². The Labute approximate surface area is 130 Å². The number of ether oxygens (including phenoxy) is 1. The molecular formula is C16H13BrN2O2. The van der Waals surface area contributed by atoms with Gasteiger partial charge in [-0.1, -0.05) is 45.4 Å². The van der Waals surface area contributed by atoms with Crippen molar-refractivity contribution < 1.29 is 9.26 Å². The van der Waals surface area contributed by atoms with Gasteiger partial charge in [0.25, 0.3) is 0 Å². The monoisotopic (exact) mass is 344 g/mol. The zero-order chi connectivity index (χ0) is 14.8. The van der Waals surface area contributed by atoms with Crippen LogP contribution in [0.15, 0.2) is 57.5 Å². The fourth-order valence-electron chi connectivity index (χ4n) is 2.19. The van der Waals surface area contributed by atoms with Crippen molar-refractivity contribution in [3.05, 3.63) is 53.0 Å². The zero-order valence-corrected chi connectivity index (χ0v) is 12.9. The molecule has 0 aliphatic rings. The predicted molar refractivity (Wildman–Crippen MR) is 86.0 cm³/mol. The number of nitrogens with zero attached hydrogens (tertiary/aromatic N) is 1. The summed E-state index contributed by atoms with van der Waals surface area (Å²) in [6.45, 7) is 0. The molecule has 0 radical (unpaired) electrons. The molecule has 0 amide bonds. The third kappa shape index (κ3) is 2.52. The molecule has 5 heteroatoms. The summed E-state index contributed by atoms with van der Waals surface area (Å²) in [4.78, 5) is 0. The van der Waals surface area contributed by atoms with Gasteiger partial charge in [0.15, 0.2) is 11.6 Å². The average Bonchev–Trinajstić information content (AvgIpc) is 2.89. The van der Waals surface area contributed by atoms with Crippen LogP contribution in [-0.2, 0) is 0 Å². The van der Waals surface area contributed by atoms with E-state index in [9.17, 15) is 0 Å². The topological polar surface area (TPSA) is 61.3 Å². The van der Waals surface area contributed by atoms with E-state index >= 15 is 0 Å². The SMILES string of the molecule is COc1cccc(-c2c(N)noc2-c2ccccc2Br)c1. The van der Waals surface area contributed by atoms with Crippen LogP contribution in [0.3, 0.4) is 0 Å². The Balaban J connectivity index is 2.20. The second kappa shape index (κ2) is 5.61. The summed E-state index contributed by atoms with van der Waals surface area (Å²) in [6, 6.07) is 15.4. The molecule has 2 N–H and O–H groups in total. The molecule has 21 heavy (non-hydrogen) atoms. The second-order valence-electron chi connectivity index (χ2n) is 4.48. The average molecular weight is 345 g/mol. The van der Waals surface area contributed by atoms with E-state index in [1.807, 2.05) is 48.5 Å². The number of rotatable bonds is 3. The molecule has 106 valence electrons. The highest BCUT2D eigenvalue weighted by atomic mass is 79.9. The van der Waals surface area contributed by atoms with E-state index in [0.717, 1.165) is 26.9 Å². The smallest absolute Gasteiger partial charge is 0.178 e. The van der Waals surface area contributed by atoms with Gasteiger partial charge in [-0.2, -0.15) is 0 Å². The van der Waals surface area contributed by atoms with Crippen LogP contribution in [0.1, 0.15) is 0 Å². The molecule has 1 aromatic heterocycles. The van der Waals surface area contributed by atoms with Crippen LogP contribution in [0.4, 0.5) is 5.82 Å². The Kier molecular flexibility index (Phi) is 3.66. The highest BCUT2D eigenvalue weighted by molar-refractivity contribution is 9.10. The van der Waals surface area contributed by atoms with Gasteiger partial charge in [0.1, 0.15) is 5.75 Å². The van der Waals surface area contributed by atoms with Gasteiger partial charge in [0.2, 0.25) is 0 Å². The minimum Gasteiger partial charge on any atom is -0.497 e. The number of aromatic nitrogens is 1. The van der Waals surface area contributed by atoms with E-state index in [-0.39, 0.29) is 0 Å². The summed E-state index contributed by atoms with van der Waals surface area (Å²) in [6.07, 6.45) is 0. The van der Waals surface area contributed by atoms with Gasteiger partial charge in [-0.3, -0.25) is 0 Å². The lowest BCUT2D eigenvalue weighted by molar-refractivity contribution is 0.415. The third-order valence-corrected chi connectivity index (χ3v) is 3.89. The lowest BCUT2D eigenvalue weighted by Gasteiger charge is -2.06. The van der Waals surface area contributed by atoms with Crippen molar-refractivity contribution in [3.8, 4) is 28.2 Å². The lowest BCUT2D eigenvalue weighted by Crippen LogP contribution is -1.90. The number of nitrogens with two attached hydrogens (primary N) is 1. The maximum absolute atomic E-state index is 5.99. The van der Waals surface area contributed by atoms with E-state index in [0.29, 0.717) is 11.6 Å². The maximum atomic E-state index is 5.99. The Morgan fingerprint density at radius 2 is 1.95 bits per heavy atom. The largest absolute Gasteiger partial charge is 0.497 e. The summed E-state index contributed by atoms with van der Waals surface area (Å²) in [7, 11) is 1.63. The van der Waals surface area contributed by atoms with Gasteiger partial charge in [0, 0.05) is 10.0 Å². The minimum atomic E-state index is 0.356. The molecule has 1 heterocycles. The number of hydrogen-bond acceptors (Lipinski definition) is 4. The first kappa shape index (κ1) is 13.7. The Bertz CT molecular complexity index is 783. The number of benzene rings is 2. The van der Waals surface area contributed by atoms with Crippen molar-refractivity contribution >= 4 is 21.7 Å². The Morgan fingerprint density at radius 1 is 1.14 bits per heavy atom. The fraction of sp³-hybridized carbons (Fsp3) is 0.0625. The molecule has 4 nitrogen and oxygen atoms in total. The number of halogens is 1. The number of hydrogen-bond donors (Lipinski definition) is 1. The van der Waals surface area contributed by atoms with Crippen LogP contribution in [0.5, 0.6) is 5.75 Å². The first-order valence-electron chi connectivity index (χ1n) is 6.35. The highest BCUT2D eigenvalue weighted by Crippen LogP contribution is 2.40. The first-order valence-corrected chi connectivity index (χ1v) is 7.14. The van der Waals surface area contributed by atoms with Crippen molar-refractivity contribution in [1.29, 1.82) is 0 Å². The van der Waals surface area contributed by atoms with Crippen molar-refractivity contribution in [1.82, 2.24) is 5.16 Å². The van der Waals surface area contributed by atoms with Crippen molar-refractivity contribution in [2.75, 3.05) is 12.8 Å². The Hall–Kier alpha value is -2.27. The quantitative estimate of drug-likeness (QED) is 0.766. The van der Waals surface area contributed by atoms with Crippen molar-refractivity contribution in [2.45, 2.75) is 0 Å². The summed E-state index contributed by atoms with van der Waals surface area (Å²) >= 11 is 3.52. The van der Waals surface area contributed by atoms with Crippen LogP contribution in [0.25, 0.3) is 22.5 Å². The van der Waals surface area contributed by atoms with Gasteiger partial charge >= 0.3 is 0 Å². The molecule has 0 bridgehead atoms. The standard InChI is InChI=1S/C16H13BrN2O2/c1-20-11-6-4-5-10(9-11)14-15(21-19-16(14)18)12-7-2-3-8-13(12)17/h2-9H,1H3,(H2,18,19). The Morgan fingerprint density at radius 3 is 2.71 bits per heavy atom. The van der Waals surface area contributed by atoms with Crippen LogP contribution < -0.4 is 10.5 Å². The third-order valence-electron chi connectivity index (χ3n) is 3.20. The second-order valence-corrected chi connectivity index (χ2v) is 5.34. The molecule has 0 fully saturated rings. The predicted octanol–water partition coefficient (Wildman–Crippen LogP) is 4.36. The van der Waals surface area contributed by atoms with E-state index in [1.54, 1.807) is 7.11 Å². The molecular weight excluding hydrogens is 332 g/mol. The lowest BCUT2D eigenvalue weighted by atomic mass is 10.0. The molecule has 2 aromatic carbocycles. The molecule has 0 aliphatic carbocycles. The fourth-order valence-corrected chi connectivity index (χ4v) is 2.65. The molecule has 3 rings (SSSR count). The van der Waals surface area contributed by atoms with Crippen LogP contribution in [0.2, 0.25) is 0 Å². The van der Waals surface area contributed by atoms with E-state index < -0.39 is 0 Å². The molecule has 0 atom stereocenters.